The van der Waals surface area contributed by atoms with Crippen LogP contribution in [0.2, 0.25) is 0 Å². The number of halogens is 1. The molecule has 13 heteroatoms. The molecule has 1 aliphatic rings. The third-order valence-electron chi connectivity index (χ3n) is 5.39. The monoisotopic (exact) mass is 544 g/mol. The Morgan fingerprint density at radius 3 is 2.61 bits per heavy atom. The fourth-order valence-corrected chi connectivity index (χ4v) is 5.55. The first kappa shape index (κ1) is 28.2. The van der Waals surface area contributed by atoms with E-state index >= 15 is 0 Å². The number of nitrogens with one attached hydrogen (secondary N) is 1. The molecule has 0 aliphatic carbocycles. The number of hydrogen-bond donors (Lipinski definition) is 2. The van der Waals surface area contributed by atoms with Crippen molar-refractivity contribution in [1.29, 1.82) is 0 Å². The smallest absolute Gasteiger partial charge is 0.380 e. The largest absolute Gasteiger partial charge is 0.463 e. The quantitative estimate of drug-likeness (QED) is 0.261. The Morgan fingerprint density at radius 1 is 1.31 bits per heavy atom. The van der Waals surface area contributed by atoms with E-state index in [9.17, 15) is 23.7 Å². The molecule has 36 heavy (non-hydrogen) atoms. The molecule has 0 saturated carbocycles. The molecule has 0 radical (unpaired) electrons. The maximum Gasteiger partial charge on any atom is 0.380 e. The average Bonchev–Trinajstić information content (AvgIpc) is 3.08. The van der Waals surface area contributed by atoms with Crippen molar-refractivity contribution in [3.8, 4) is 5.75 Å². The number of para-hydroxylation sites is 1. The van der Waals surface area contributed by atoms with Gasteiger partial charge in [0.05, 0.1) is 24.8 Å². The molecule has 6 atom stereocenters. The van der Waals surface area contributed by atoms with E-state index in [-0.39, 0.29) is 22.7 Å². The van der Waals surface area contributed by atoms with Crippen LogP contribution in [0.4, 0.5) is 4.39 Å². The number of hydrogen-bond acceptors (Lipinski definition) is 9. The Hall–Kier alpha value is -2.37. The first-order valence-corrected chi connectivity index (χ1v) is 13.5. The van der Waals surface area contributed by atoms with Crippen LogP contribution in [0, 0.1) is 17.5 Å². The molecule has 10 nitrogen and oxygen atoms in total. The van der Waals surface area contributed by atoms with Gasteiger partial charge in [-0.3, -0.25) is 18.9 Å². The molecular formula is C23H30FN2O8PS. The summed E-state index contributed by atoms with van der Waals surface area (Å²) in [7, 11) is -4.01. The number of esters is 1. The van der Waals surface area contributed by atoms with E-state index in [4.69, 9.17) is 30.7 Å². The summed E-state index contributed by atoms with van der Waals surface area (Å²) in [5.41, 5.74) is -0.194. The molecule has 1 aliphatic heterocycles. The lowest BCUT2D eigenvalue weighted by Crippen LogP contribution is -2.34. The highest BCUT2D eigenvalue weighted by Crippen LogP contribution is 2.50. The Balaban J connectivity index is 1.77. The predicted octanol–water partition coefficient (Wildman–Crippen LogP) is 3.69. The highest BCUT2D eigenvalue weighted by atomic mass is 32.1. The summed E-state index contributed by atoms with van der Waals surface area (Å²) in [6, 6.07) is 8.21. The van der Waals surface area contributed by atoms with Crippen LogP contribution in [0.1, 0.15) is 32.6 Å². The van der Waals surface area contributed by atoms with Crippen LogP contribution in [0.15, 0.2) is 41.3 Å². The van der Waals surface area contributed by atoms with Gasteiger partial charge in [0.1, 0.15) is 22.6 Å². The number of nitrogens with zero attached hydrogens (tertiary/aromatic N) is 1. The summed E-state index contributed by atoms with van der Waals surface area (Å²) in [5.74, 6) is -1.18. The van der Waals surface area contributed by atoms with Crippen molar-refractivity contribution in [1.82, 2.24) is 9.55 Å². The van der Waals surface area contributed by atoms with Crippen molar-refractivity contribution in [2.24, 2.45) is 5.92 Å². The molecular weight excluding hydrogens is 514 g/mol. The van der Waals surface area contributed by atoms with Gasteiger partial charge in [-0.05, 0) is 32.9 Å². The highest BCUT2D eigenvalue weighted by Gasteiger charge is 2.47. The van der Waals surface area contributed by atoms with Crippen LogP contribution in [0.25, 0.3) is 0 Å². The Morgan fingerprint density at radius 2 is 1.97 bits per heavy atom. The molecule has 1 aromatic carbocycles. The number of rotatable bonds is 10. The van der Waals surface area contributed by atoms with E-state index in [0.29, 0.717) is 5.56 Å². The maximum atomic E-state index is 14.9. The predicted molar refractivity (Wildman–Crippen MR) is 131 cm³/mol. The lowest BCUT2D eigenvalue weighted by molar-refractivity contribution is -0.151. The average molecular weight is 545 g/mol. The molecule has 0 bridgehead atoms. The van der Waals surface area contributed by atoms with Gasteiger partial charge in [-0.25, -0.2) is 13.8 Å². The maximum absolute atomic E-state index is 14.9. The van der Waals surface area contributed by atoms with E-state index in [0.717, 1.165) is 4.57 Å². The molecule has 0 spiro atoms. The van der Waals surface area contributed by atoms with Crippen molar-refractivity contribution >= 4 is 25.8 Å². The first-order chi connectivity index (χ1) is 16.9. The molecule has 2 N–H and O–H groups in total. The lowest BCUT2D eigenvalue weighted by Gasteiger charge is -2.24. The van der Waals surface area contributed by atoms with Crippen molar-refractivity contribution < 1.29 is 37.4 Å². The Labute approximate surface area is 212 Å². The number of ether oxygens (including phenoxy) is 2. The minimum Gasteiger partial charge on any atom is -0.463 e. The van der Waals surface area contributed by atoms with Crippen LogP contribution >= 0.6 is 19.8 Å². The molecule has 1 unspecified atom stereocenters. The second-order valence-corrected chi connectivity index (χ2v) is 11.3. The summed E-state index contributed by atoms with van der Waals surface area (Å²) in [6.45, 7) is 6.02. The van der Waals surface area contributed by atoms with Crippen molar-refractivity contribution in [3.05, 3.63) is 57.2 Å². The molecule has 1 saturated heterocycles. The van der Waals surface area contributed by atoms with Crippen LogP contribution in [-0.2, 0) is 23.4 Å². The van der Waals surface area contributed by atoms with Gasteiger partial charge < -0.3 is 19.1 Å². The normalized spacial score (nSPS) is 24.3. The van der Waals surface area contributed by atoms with E-state index in [1.165, 1.54) is 13.1 Å². The van der Waals surface area contributed by atoms with Crippen molar-refractivity contribution in [2.75, 3.05) is 12.8 Å². The highest BCUT2D eigenvalue weighted by molar-refractivity contribution is 7.71. The van der Waals surface area contributed by atoms with Crippen molar-refractivity contribution in [3.63, 3.8) is 0 Å². The number of aryl methyl sites for hydroxylation is 1. The van der Waals surface area contributed by atoms with Crippen LogP contribution < -0.4 is 10.2 Å². The van der Waals surface area contributed by atoms with Gasteiger partial charge in [0, 0.05) is 11.8 Å². The number of aliphatic hydroxyl groups is 1. The number of aromatic amines is 1. The molecule has 198 valence electrons. The summed E-state index contributed by atoms with van der Waals surface area (Å²) in [5, 5.41) is 10.4. The van der Waals surface area contributed by atoms with E-state index in [1.807, 2.05) is 0 Å². The standard InChI is InChI=1S/C23H30FN2O8PS/c1-13(2)32-22(28)15(4)12-35(30,34-16-8-6-5-7-9-16)31-11-17-19(27)18(24)21(33-17)26-10-14(3)20(36)25-23(26)29/h5-10,13,15,17-19,21,27H,11-12H2,1-4H3,(H,25,29,36)/t15-,17+,18-,19?,21+,35+/m1/s1. The fraction of sp³-hybridized carbons (Fsp3) is 0.522. The molecule has 1 aromatic heterocycles. The fourth-order valence-electron chi connectivity index (χ4n) is 3.54. The molecule has 2 aromatic rings. The Kier molecular flexibility index (Phi) is 9.23. The second kappa shape index (κ2) is 11.8. The number of carbonyl (C=O) groups excluding carboxylic acids is 1. The van der Waals surface area contributed by atoms with E-state index < -0.39 is 56.4 Å². The third-order valence-corrected chi connectivity index (χ3v) is 7.84. The van der Waals surface area contributed by atoms with Gasteiger partial charge in [0.2, 0.25) is 0 Å². The van der Waals surface area contributed by atoms with Crippen LogP contribution in [-0.4, -0.2) is 57.9 Å². The van der Waals surface area contributed by atoms with Gasteiger partial charge in [-0.15, -0.1) is 0 Å². The zero-order chi connectivity index (χ0) is 26.6. The number of aromatic nitrogens is 2. The van der Waals surface area contributed by atoms with Crippen molar-refractivity contribution in [2.45, 2.75) is 58.4 Å². The topological polar surface area (TPSA) is 129 Å². The second-order valence-electron chi connectivity index (χ2n) is 8.86. The summed E-state index contributed by atoms with van der Waals surface area (Å²) in [6.07, 6.45) is -5.75. The SMILES string of the molecule is Cc1cn([C@H]2O[C@@H](CO[P@@](=O)(C[C@@H](C)C(=O)OC(C)C)Oc3ccccc3)C(O)[C@H]2F)c(=O)[nH]c1=S. The summed E-state index contributed by atoms with van der Waals surface area (Å²) in [4.78, 5) is 27.0. The van der Waals surface area contributed by atoms with E-state index in [1.54, 1.807) is 51.1 Å². The van der Waals surface area contributed by atoms with Crippen LogP contribution in [0.3, 0.4) is 0 Å². The summed E-state index contributed by atoms with van der Waals surface area (Å²) < 4.78 is 51.8. The number of aliphatic hydroxyl groups excluding tert-OH is 1. The molecule has 2 heterocycles. The number of carbonyl (C=O) groups is 1. The van der Waals surface area contributed by atoms with Crippen LogP contribution in [0.5, 0.6) is 5.75 Å². The minimum absolute atomic E-state index is 0.203. The Bertz CT molecular complexity index is 1220. The van der Waals surface area contributed by atoms with Gasteiger partial charge in [-0.1, -0.05) is 37.3 Å². The zero-order valence-electron chi connectivity index (χ0n) is 20.3. The zero-order valence-corrected chi connectivity index (χ0v) is 22.0. The van der Waals surface area contributed by atoms with Gasteiger partial charge in [0.15, 0.2) is 12.4 Å². The lowest BCUT2D eigenvalue weighted by atomic mass is 10.1. The molecule has 3 rings (SSSR count). The van der Waals surface area contributed by atoms with Gasteiger partial charge >= 0.3 is 19.3 Å². The van der Waals surface area contributed by atoms with Gasteiger partial charge in [0.25, 0.3) is 0 Å². The summed E-state index contributed by atoms with van der Waals surface area (Å²) >= 11 is 5.01. The third kappa shape index (κ3) is 6.89. The number of benzene rings is 1. The number of H-pyrrole nitrogens is 1. The minimum atomic E-state index is -4.01. The molecule has 0 amide bonds. The van der Waals surface area contributed by atoms with E-state index in [2.05, 4.69) is 4.98 Å². The van der Waals surface area contributed by atoms with Gasteiger partial charge in [-0.2, -0.15) is 0 Å². The first-order valence-electron chi connectivity index (χ1n) is 11.4. The molecule has 1 fully saturated rings. The number of alkyl halides is 1.